The van der Waals surface area contributed by atoms with Crippen molar-refractivity contribution in [3.8, 4) is 11.5 Å². The van der Waals surface area contributed by atoms with Crippen molar-refractivity contribution in [3.63, 3.8) is 0 Å². The number of halogens is 2. The molecule has 2 aromatic carbocycles. The van der Waals surface area contributed by atoms with Crippen molar-refractivity contribution in [3.05, 3.63) is 52.5 Å². The van der Waals surface area contributed by atoms with Gasteiger partial charge < -0.3 is 20.1 Å². The van der Waals surface area contributed by atoms with E-state index in [1.54, 1.807) is 24.3 Å². The predicted molar refractivity (Wildman–Crippen MR) is 96.6 cm³/mol. The van der Waals surface area contributed by atoms with Crippen molar-refractivity contribution in [2.45, 2.75) is 6.92 Å². The van der Waals surface area contributed by atoms with Crippen molar-refractivity contribution in [2.24, 2.45) is 0 Å². The Hall–Kier alpha value is -2.11. The number of carbonyl (C=O) groups is 1. The number of anilines is 1. The van der Waals surface area contributed by atoms with E-state index in [1.165, 1.54) is 0 Å². The van der Waals surface area contributed by atoms with Crippen LogP contribution in [0.1, 0.15) is 6.92 Å². The summed E-state index contributed by atoms with van der Waals surface area (Å²) in [6.45, 7) is 3.19. The first kappa shape index (κ1) is 18.2. The first-order chi connectivity index (χ1) is 11.6. The summed E-state index contributed by atoms with van der Waals surface area (Å²) >= 11 is 11.8. The number of carbonyl (C=O) groups excluding carboxylic acids is 1. The molecule has 0 aliphatic rings. The number of rotatable bonds is 7. The third-order valence-corrected chi connectivity index (χ3v) is 3.33. The van der Waals surface area contributed by atoms with Gasteiger partial charge in [0.1, 0.15) is 18.1 Å². The molecular weight excluding hydrogens is 351 g/mol. The van der Waals surface area contributed by atoms with E-state index in [0.717, 1.165) is 5.75 Å². The third-order valence-electron chi connectivity index (χ3n) is 2.89. The first-order valence-corrected chi connectivity index (χ1v) is 8.19. The lowest BCUT2D eigenvalue weighted by Crippen LogP contribution is -2.32. The molecule has 2 aromatic rings. The second kappa shape index (κ2) is 9.25. The number of nitrogens with one attached hydrogen (secondary N) is 2. The molecule has 2 amide bonds. The molecule has 0 aliphatic heterocycles. The monoisotopic (exact) mass is 368 g/mol. The second-order valence-corrected chi connectivity index (χ2v) is 5.67. The topological polar surface area (TPSA) is 59.6 Å². The average molecular weight is 369 g/mol. The van der Waals surface area contributed by atoms with Crippen LogP contribution in [0, 0.1) is 0 Å². The van der Waals surface area contributed by atoms with Gasteiger partial charge in [-0.25, -0.2) is 4.79 Å². The predicted octanol–water partition coefficient (Wildman–Crippen LogP) is 4.59. The van der Waals surface area contributed by atoms with Gasteiger partial charge in [0.05, 0.1) is 13.2 Å². The third kappa shape index (κ3) is 6.18. The maximum atomic E-state index is 11.8. The Balaban J connectivity index is 1.73. The normalized spacial score (nSPS) is 10.1. The molecule has 0 saturated heterocycles. The molecule has 0 atom stereocenters. The van der Waals surface area contributed by atoms with Crippen LogP contribution in [0.25, 0.3) is 0 Å². The van der Waals surface area contributed by atoms with E-state index in [1.807, 2.05) is 25.1 Å². The van der Waals surface area contributed by atoms with Crippen LogP contribution >= 0.6 is 23.2 Å². The molecule has 0 saturated carbocycles. The van der Waals surface area contributed by atoms with Crippen molar-refractivity contribution in [2.75, 3.05) is 25.1 Å². The molecule has 2 rings (SSSR count). The Morgan fingerprint density at radius 3 is 2.38 bits per heavy atom. The minimum atomic E-state index is -0.361. The quantitative estimate of drug-likeness (QED) is 0.702. The maximum Gasteiger partial charge on any atom is 0.319 e. The van der Waals surface area contributed by atoms with Crippen molar-refractivity contribution < 1.29 is 14.3 Å². The lowest BCUT2D eigenvalue weighted by Gasteiger charge is -2.10. The van der Waals surface area contributed by atoms with E-state index in [0.29, 0.717) is 41.2 Å². The number of hydrogen-bond donors (Lipinski definition) is 2. The maximum absolute atomic E-state index is 11.8. The molecule has 0 radical (unpaired) electrons. The first-order valence-electron chi connectivity index (χ1n) is 7.43. The van der Waals surface area contributed by atoms with E-state index >= 15 is 0 Å². The Bertz CT molecular complexity index is 675. The zero-order valence-corrected chi connectivity index (χ0v) is 14.7. The summed E-state index contributed by atoms with van der Waals surface area (Å²) in [7, 11) is 0. The van der Waals surface area contributed by atoms with Gasteiger partial charge in [0.25, 0.3) is 0 Å². The molecule has 0 heterocycles. The van der Waals surface area contributed by atoms with Gasteiger partial charge in [-0.3, -0.25) is 0 Å². The summed E-state index contributed by atoms with van der Waals surface area (Å²) in [5.41, 5.74) is 0.523. The second-order valence-electron chi connectivity index (χ2n) is 4.80. The highest BCUT2D eigenvalue weighted by atomic mass is 35.5. The number of ether oxygens (including phenoxy) is 2. The molecule has 24 heavy (non-hydrogen) atoms. The number of benzene rings is 2. The molecule has 2 N–H and O–H groups in total. The SMILES string of the molecule is CCOc1cccc(OCCNC(=O)Nc2cc(Cl)cc(Cl)c2)c1. The number of hydrogen-bond acceptors (Lipinski definition) is 3. The minimum Gasteiger partial charge on any atom is -0.494 e. The molecule has 0 fully saturated rings. The Labute approximate surface area is 150 Å². The van der Waals surface area contributed by atoms with Gasteiger partial charge in [0.15, 0.2) is 0 Å². The zero-order valence-electron chi connectivity index (χ0n) is 13.1. The van der Waals surface area contributed by atoms with Gasteiger partial charge in [0.2, 0.25) is 0 Å². The Morgan fingerprint density at radius 2 is 1.71 bits per heavy atom. The highest BCUT2D eigenvalue weighted by molar-refractivity contribution is 6.35. The molecule has 0 spiro atoms. The van der Waals surface area contributed by atoms with Crippen molar-refractivity contribution in [1.82, 2.24) is 5.32 Å². The summed E-state index contributed by atoms with van der Waals surface area (Å²) < 4.78 is 11.0. The molecule has 7 heteroatoms. The van der Waals surface area contributed by atoms with Gasteiger partial charge in [-0.1, -0.05) is 29.3 Å². The number of urea groups is 1. The van der Waals surface area contributed by atoms with Crippen molar-refractivity contribution in [1.29, 1.82) is 0 Å². The zero-order chi connectivity index (χ0) is 17.4. The van der Waals surface area contributed by atoms with Crippen LogP contribution in [0.5, 0.6) is 11.5 Å². The van der Waals surface area contributed by atoms with E-state index in [-0.39, 0.29) is 6.03 Å². The Morgan fingerprint density at radius 1 is 1.04 bits per heavy atom. The fourth-order valence-electron chi connectivity index (χ4n) is 1.96. The van der Waals surface area contributed by atoms with Crippen LogP contribution in [0.15, 0.2) is 42.5 Å². The molecule has 5 nitrogen and oxygen atoms in total. The van der Waals surface area contributed by atoms with E-state index < -0.39 is 0 Å². The Kier molecular flexibility index (Phi) is 7.03. The van der Waals surface area contributed by atoms with Crippen LogP contribution in [0.4, 0.5) is 10.5 Å². The van der Waals surface area contributed by atoms with E-state index in [2.05, 4.69) is 10.6 Å². The van der Waals surface area contributed by atoms with E-state index in [4.69, 9.17) is 32.7 Å². The highest BCUT2D eigenvalue weighted by Crippen LogP contribution is 2.22. The minimum absolute atomic E-state index is 0.333. The largest absolute Gasteiger partial charge is 0.494 e. The lowest BCUT2D eigenvalue weighted by molar-refractivity contribution is 0.247. The van der Waals surface area contributed by atoms with Gasteiger partial charge in [-0.15, -0.1) is 0 Å². The van der Waals surface area contributed by atoms with E-state index in [9.17, 15) is 4.79 Å². The molecule has 0 aromatic heterocycles. The molecular formula is C17H18Cl2N2O3. The highest BCUT2D eigenvalue weighted by Gasteiger charge is 2.04. The molecule has 0 unspecified atom stereocenters. The van der Waals surface area contributed by atoms with Crippen LogP contribution in [-0.4, -0.2) is 25.8 Å². The van der Waals surface area contributed by atoms with Crippen molar-refractivity contribution >= 4 is 34.9 Å². The fourth-order valence-corrected chi connectivity index (χ4v) is 2.48. The molecule has 128 valence electrons. The lowest BCUT2D eigenvalue weighted by atomic mass is 10.3. The molecule has 0 aliphatic carbocycles. The standard InChI is InChI=1S/C17H18Cl2N2O3/c1-2-23-15-4-3-5-16(11-15)24-7-6-20-17(22)21-14-9-12(18)8-13(19)10-14/h3-5,8-11H,2,6-7H2,1H3,(H2,20,21,22). The van der Waals surface area contributed by atoms with Crippen LogP contribution in [0.3, 0.4) is 0 Å². The summed E-state index contributed by atoms with van der Waals surface area (Å²) in [6, 6.07) is 11.8. The average Bonchev–Trinajstić information content (AvgIpc) is 2.51. The summed E-state index contributed by atoms with van der Waals surface area (Å²) in [5, 5.41) is 6.25. The summed E-state index contributed by atoms with van der Waals surface area (Å²) in [5.74, 6) is 1.43. The van der Waals surface area contributed by atoms with Gasteiger partial charge in [-0.2, -0.15) is 0 Å². The summed E-state index contributed by atoms with van der Waals surface area (Å²) in [4.78, 5) is 11.8. The van der Waals surface area contributed by atoms with Crippen LogP contribution < -0.4 is 20.1 Å². The van der Waals surface area contributed by atoms with Crippen LogP contribution in [0.2, 0.25) is 10.0 Å². The smallest absolute Gasteiger partial charge is 0.319 e. The number of amides is 2. The van der Waals surface area contributed by atoms with Gasteiger partial charge >= 0.3 is 6.03 Å². The van der Waals surface area contributed by atoms with Gasteiger partial charge in [0, 0.05) is 21.8 Å². The van der Waals surface area contributed by atoms with Crippen LogP contribution in [-0.2, 0) is 0 Å². The molecule has 0 bridgehead atoms. The van der Waals surface area contributed by atoms with Gasteiger partial charge in [-0.05, 0) is 37.3 Å². The summed E-state index contributed by atoms with van der Waals surface area (Å²) in [6.07, 6.45) is 0. The fraction of sp³-hybridized carbons (Fsp3) is 0.235.